The molecule has 2 atom stereocenters. The summed E-state index contributed by atoms with van der Waals surface area (Å²) in [5, 5.41) is 0. The average Bonchev–Trinajstić information content (AvgIpc) is 2.31. The Morgan fingerprint density at radius 2 is 1.57 bits per heavy atom. The summed E-state index contributed by atoms with van der Waals surface area (Å²) in [5.41, 5.74) is -1.74. The Balaban J connectivity index is 3.22. The van der Waals surface area contributed by atoms with Crippen LogP contribution in [0.4, 0.5) is 26.3 Å². The number of aryl methyl sites for hydroxylation is 1. The highest BCUT2D eigenvalue weighted by molar-refractivity contribution is 7.90. The first-order chi connectivity index (χ1) is 10.1. The van der Waals surface area contributed by atoms with E-state index in [0.29, 0.717) is 6.07 Å². The summed E-state index contributed by atoms with van der Waals surface area (Å²) in [4.78, 5) is 0. The van der Waals surface area contributed by atoms with Crippen LogP contribution < -0.4 is 4.72 Å². The van der Waals surface area contributed by atoms with Gasteiger partial charge in [-0.05, 0) is 44.9 Å². The van der Waals surface area contributed by atoms with E-state index in [0.717, 1.165) is 19.1 Å². The molecule has 2 nitrogen and oxygen atoms in total. The molecule has 0 radical (unpaired) electrons. The molecule has 1 aromatic rings. The topological polar surface area (TPSA) is 35.1 Å². The number of hydrogen-bond acceptors (Lipinski definition) is 2. The molecule has 0 heterocycles. The summed E-state index contributed by atoms with van der Waals surface area (Å²) in [6.07, 6.45) is -9.44. The summed E-state index contributed by atoms with van der Waals surface area (Å²) in [7, 11) is 0. The van der Waals surface area contributed by atoms with Gasteiger partial charge in [0.15, 0.2) is 6.04 Å². The van der Waals surface area contributed by atoms with Gasteiger partial charge in [-0.1, -0.05) is 12.1 Å². The molecule has 1 unspecified atom stereocenters. The molecule has 0 fully saturated rings. The maximum Gasteiger partial charge on any atom is 0.416 e. The molecule has 132 valence electrons. The Labute approximate surface area is 133 Å². The second-order valence-electron chi connectivity index (χ2n) is 6.05. The number of benzene rings is 1. The van der Waals surface area contributed by atoms with Crippen molar-refractivity contribution in [1.29, 1.82) is 0 Å². The van der Waals surface area contributed by atoms with Crippen LogP contribution in [0.1, 0.15) is 43.5 Å². The molecule has 0 bridgehead atoms. The molecule has 23 heavy (non-hydrogen) atoms. The first-order valence-electron chi connectivity index (χ1n) is 6.56. The summed E-state index contributed by atoms with van der Waals surface area (Å²) in [6, 6.07) is -0.150. The normalized spacial score (nSPS) is 16.3. The van der Waals surface area contributed by atoms with Crippen LogP contribution in [-0.4, -0.2) is 15.5 Å². The van der Waals surface area contributed by atoms with Gasteiger partial charge in [-0.2, -0.15) is 26.3 Å². The number of halogens is 6. The molecule has 0 spiro atoms. The fraction of sp³-hybridized carbons (Fsp3) is 0.571. The van der Waals surface area contributed by atoms with Crippen LogP contribution >= 0.6 is 0 Å². The lowest BCUT2D eigenvalue weighted by Gasteiger charge is -2.29. The van der Waals surface area contributed by atoms with E-state index >= 15 is 0 Å². The molecule has 0 saturated carbocycles. The zero-order chi connectivity index (χ0) is 18.2. The fourth-order valence-electron chi connectivity index (χ4n) is 1.79. The van der Waals surface area contributed by atoms with Crippen molar-refractivity contribution in [2.75, 3.05) is 0 Å². The quantitative estimate of drug-likeness (QED) is 0.627. The van der Waals surface area contributed by atoms with Crippen LogP contribution in [0.5, 0.6) is 0 Å². The zero-order valence-corrected chi connectivity index (χ0v) is 13.7. The van der Waals surface area contributed by atoms with Gasteiger partial charge < -0.3 is 4.55 Å². The Morgan fingerprint density at radius 3 is 1.91 bits per heavy atom. The van der Waals surface area contributed by atoms with Crippen molar-refractivity contribution in [2.24, 2.45) is 0 Å². The predicted molar refractivity (Wildman–Crippen MR) is 76.0 cm³/mol. The number of alkyl halides is 6. The Morgan fingerprint density at radius 1 is 1.04 bits per heavy atom. The average molecular weight is 361 g/mol. The molecule has 0 aliphatic carbocycles. The van der Waals surface area contributed by atoms with E-state index in [1.54, 1.807) is 0 Å². The van der Waals surface area contributed by atoms with Gasteiger partial charge in [-0.15, -0.1) is 4.72 Å². The number of hydrogen-bond donors (Lipinski definition) is 1. The molecule has 1 N–H and O–H groups in total. The summed E-state index contributed by atoms with van der Waals surface area (Å²) >= 11 is -2.04. The lowest BCUT2D eigenvalue weighted by atomic mass is 10.0. The van der Waals surface area contributed by atoms with E-state index in [9.17, 15) is 30.9 Å². The van der Waals surface area contributed by atoms with E-state index in [1.807, 2.05) is 4.72 Å². The van der Waals surface area contributed by atoms with E-state index in [1.165, 1.54) is 20.8 Å². The lowest BCUT2D eigenvalue weighted by molar-refractivity contribution is -0.153. The third-order valence-electron chi connectivity index (χ3n) is 3.00. The molecule has 0 aromatic heterocycles. The fourth-order valence-corrected chi connectivity index (χ4v) is 2.63. The van der Waals surface area contributed by atoms with Gasteiger partial charge in [0.25, 0.3) is 0 Å². The first-order valence-corrected chi connectivity index (χ1v) is 7.71. The molecule has 0 aliphatic heterocycles. The van der Waals surface area contributed by atoms with Crippen LogP contribution in [0.25, 0.3) is 0 Å². The van der Waals surface area contributed by atoms with Crippen LogP contribution in [0.15, 0.2) is 18.2 Å². The summed E-state index contributed by atoms with van der Waals surface area (Å²) in [6.45, 7) is 5.55. The third kappa shape index (κ3) is 5.29. The zero-order valence-electron chi connectivity index (χ0n) is 12.9. The van der Waals surface area contributed by atoms with Gasteiger partial charge in [0.05, 0.1) is 5.56 Å². The van der Waals surface area contributed by atoms with Crippen molar-refractivity contribution >= 4 is 11.4 Å². The highest BCUT2D eigenvalue weighted by Gasteiger charge is 2.46. The summed E-state index contributed by atoms with van der Waals surface area (Å²) in [5.74, 6) is 0. The third-order valence-corrected chi connectivity index (χ3v) is 4.56. The number of nitrogens with one attached hydrogen (secondary N) is 1. The molecule has 1 aromatic carbocycles. The van der Waals surface area contributed by atoms with Crippen LogP contribution in [0.2, 0.25) is 0 Å². The Kier molecular flexibility index (Phi) is 5.71. The highest BCUT2D eigenvalue weighted by Crippen LogP contribution is 2.38. The van der Waals surface area contributed by atoms with Gasteiger partial charge in [0, 0.05) is 11.4 Å². The minimum Gasteiger partial charge on any atom is -0.598 e. The molecule has 0 aliphatic rings. The number of rotatable bonds is 3. The van der Waals surface area contributed by atoms with E-state index in [4.69, 9.17) is 0 Å². The Hall–Kier alpha value is -0.930. The van der Waals surface area contributed by atoms with Crippen LogP contribution in [0.3, 0.4) is 0 Å². The van der Waals surface area contributed by atoms with Gasteiger partial charge >= 0.3 is 12.4 Å². The largest absolute Gasteiger partial charge is 0.598 e. The SMILES string of the molecule is Cc1cc(C(N[S@@+]([O-])C(C)(C)C)C(F)(F)F)ccc1C(F)(F)F. The summed E-state index contributed by atoms with van der Waals surface area (Å²) < 4.78 is 90.6. The second-order valence-corrected chi connectivity index (χ2v) is 8.04. The predicted octanol–water partition coefficient (Wildman–Crippen LogP) is 4.67. The molecule has 1 rings (SSSR count). The van der Waals surface area contributed by atoms with Crippen molar-refractivity contribution in [3.05, 3.63) is 34.9 Å². The van der Waals surface area contributed by atoms with Crippen molar-refractivity contribution < 1.29 is 30.9 Å². The van der Waals surface area contributed by atoms with Gasteiger partial charge in [-0.3, -0.25) is 0 Å². The smallest absolute Gasteiger partial charge is 0.416 e. The molecule has 9 heteroatoms. The van der Waals surface area contributed by atoms with E-state index < -0.39 is 45.6 Å². The van der Waals surface area contributed by atoms with Crippen LogP contribution in [-0.2, 0) is 17.5 Å². The minimum absolute atomic E-state index is 0.326. The lowest BCUT2D eigenvalue weighted by Crippen LogP contribution is -2.45. The van der Waals surface area contributed by atoms with Gasteiger partial charge in [0.1, 0.15) is 4.75 Å². The maximum atomic E-state index is 13.2. The highest BCUT2D eigenvalue weighted by atomic mass is 32.2. The first kappa shape index (κ1) is 20.1. The molecular formula is C14H17F6NOS. The maximum absolute atomic E-state index is 13.2. The van der Waals surface area contributed by atoms with Gasteiger partial charge in [0.2, 0.25) is 0 Å². The van der Waals surface area contributed by atoms with E-state index in [2.05, 4.69) is 0 Å². The standard InChI is InChI=1S/C14H17F6NOS/c1-8-7-9(5-6-10(8)13(15,16)17)11(14(18,19)20)21-23(22)12(2,3)4/h5-7,11,21H,1-4H3/t11?,23-/m0/s1. The van der Waals surface area contributed by atoms with Crippen molar-refractivity contribution in [3.8, 4) is 0 Å². The second kappa shape index (κ2) is 6.52. The molecule has 0 amide bonds. The van der Waals surface area contributed by atoms with Crippen molar-refractivity contribution in [1.82, 2.24) is 4.72 Å². The van der Waals surface area contributed by atoms with Crippen LogP contribution in [0, 0.1) is 6.92 Å². The minimum atomic E-state index is -4.80. The molecule has 0 saturated heterocycles. The van der Waals surface area contributed by atoms with Crippen molar-refractivity contribution in [3.63, 3.8) is 0 Å². The molecular weight excluding hydrogens is 344 g/mol. The van der Waals surface area contributed by atoms with Crippen molar-refractivity contribution in [2.45, 2.75) is 50.8 Å². The monoisotopic (exact) mass is 361 g/mol. The van der Waals surface area contributed by atoms with E-state index in [-0.39, 0.29) is 5.56 Å². The van der Waals surface area contributed by atoms with Gasteiger partial charge in [-0.25, -0.2) is 0 Å². The Bertz CT molecular complexity index is 550.